The number of nitrogens with zero attached hydrogens (tertiary/aromatic N) is 1. The van der Waals surface area contributed by atoms with E-state index in [-0.39, 0.29) is 54.9 Å². The number of rotatable bonds is 1. The Kier molecular flexibility index (Phi) is 8.78. The fraction of sp³-hybridized carbons (Fsp3) is 0.500. The average Bonchev–Trinajstić information content (AvgIpc) is 3.33. The Balaban J connectivity index is 1.30. The summed E-state index contributed by atoms with van der Waals surface area (Å²) in [5.74, 6) is 1.05. The summed E-state index contributed by atoms with van der Waals surface area (Å²) < 4.78 is 12.3. The van der Waals surface area contributed by atoms with Gasteiger partial charge in [-0.2, -0.15) is 0 Å². The van der Waals surface area contributed by atoms with Gasteiger partial charge in [0, 0.05) is 38.4 Å². The highest BCUT2D eigenvalue weighted by molar-refractivity contribution is 5.81. The highest BCUT2D eigenvalue weighted by Crippen LogP contribution is 2.29. The monoisotopic (exact) mass is 535 g/mol. The second-order valence-corrected chi connectivity index (χ2v) is 10.8. The number of fused-ring (bicyclic) bond motifs is 10. The molecule has 9 nitrogen and oxygen atoms in total. The number of hydrogen-bond donors (Lipinski definition) is 3. The predicted octanol–water partition coefficient (Wildman–Crippen LogP) is 2.69. The smallest absolute Gasteiger partial charge is 0.225 e. The first kappa shape index (κ1) is 27.1. The molecule has 2 aromatic rings. The van der Waals surface area contributed by atoms with Gasteiger partial charge in [-0.25, -0.2) is 0 Å². The molecule has 3 amide bonds. The van der Waals surface area contributed by atoms with E-state index in [4.69, 9.17) is 9.47 Å². The van der Waals surface area contributed by atoms with Gasteiger partial charge in [0.25, 0.3) is 0 Å². The molecule has 2 aromatic carbocycles. The van der Waals surface area contributed by atoms with Gasteiger partial charge >= 0.3 is 0 Å². The second kappa shape index (κ2) is 12.6. The molecule has 3 N–H and O–H groups in total. The summed E-state index contributed by atoms with van der Waals surface area (Å²) in [5, 5.41) is 15.7. The van der Waals surface area contributed by atoms with Crippen molar-refractivity contribution in [2.24, 2.45) is 5.92 Å². The van der Waals surface area contributed by atoms with Gasteiger partial charge in [0.15, 0.2) is 0 Å². The van der Waals surface area contributed by atoms with Crippen LogP contribution in [0.4, 0.5) is 0 Å². The van der Waals surface area contributed by atoms with Crippen molar-refractivity contribution in [3.63, 3.8) is 0 Å². The van der Waals surface area contributed by atoms with Crippen LogP contribution < -0.4 is 15.4 Å². The van der Waals surface area contributed by atoms with E-state index >= 15 is 0 Å². The van der Waals surface area contributed by atoms with Crippen molar-refractivity contribution in [1.29, 1.82) is 0 Å². The molecular formula is C30H37N3O6. The summed E-state index contributed by atoms with van der Waals surface area (Å²) in [7, 11) is 0. The van der Waals surface area contributed by atoms with Crippen molar-refractivity contribution in [1.82, 2.24) is 15.5 Å². The number of aryl methyl sites for hydroxylation is 1. The normalized spacial score (nSPS) is 26.6. The molecule has 3 aliphatic heterocycles. The summed E-state index contributed by atoms with van der Waals surface area (Å²) in [6, 6.07) is 15.0. The molecule has 2 atom stereocenters. The Morgan fingerprint density at radius 1 is 0.872 bits per heavy atom. The Hall–Kier alpha value is -3.43. The average molecular weight is 536 g/mol. The molecule has 0 spiro atoms. The number of carbonyl (C=O) groups is 3. The van der Waals surface area contributed by atoms with Crippen LogP contribution in [-0.2, 0) is 32.1 Å². The lowest BCUT2D eigenvalue weighted by molar-refractivity contribution is -0.136. The highest BCUT2D eigenvalue weighted by atomic mass is 16.5. The van der Waals surface area contributed by atoms with Crippen LogP contribution in [0.2, 0.25) is 0 Å². The minimum atomic E-state index is -0.371. The van der Waals surface area contributed by atoms with Gasteiger partial charge in [-0.15, -0.1) is 0 Å². The van der Waals surface area contributed by atoms with Gasteiger partial charge in [0.2, 0.25) is 17.7 Å². The zero-order valence-corrected chi connectivity index (χ0v) is 22.1. The van der Waals surface area contributed by atoms with Crippen LogP contribution in [0, 0.1) is 5.92 Å². The summed E-state index contributed by atoms with van der Waals surface area (Å²) in [5.41, 5.74) is 1.96. The number of amides is 3. The van der Waals surface area contributed by atoms with Gasteiger partial charge in [0.1, 0.15) is 11.5 Å². The van der Waals surface area contributed by atoms with E-state index in [1.165, 1.54) is 0 Å². The van der Waals surface area contributed by atoms with Gasteiger partial charge in [-0.05, 0) is 67.5 Å². The predicted molar refractivity (Wildman–Crippen MR) is 144 cm³/mol. The molecule has 2 fully saturated rings. The van der Waals surface area contributed by atoms with Crippen molar-refractivity contribution in [3.05, 3.63) is 59.7 Å². The van der Waals surface area contributed by atoms with E-state index in [1.807, 2.05) is 48.5 Å². The summed E-state index contributed by atoms with van der Waals surface area (Å²) in [6.07, 6.45) is 3.01. The second-order valence-electron chi connectivity index (χ2n) is 10.8. The van der Waals surface area contributed by atoms with E-state index in [2.05, 4.69) is 10.6 Å². The molecule has 1 aliphatic carbocycles. The highest BCUT2D eigenvalue weighted by Gasteiger charge is 2.39. The number of hydrogen-bond acceptors (Lipinski definition) is 6. The van der Waals surface area contributed by atoms with Crippen LogP contribution in [0.25, 0.3) is 0 Å². The van der Waals surface area contributed by atoms with Crippen LogP contribution in [0.3, 0.4) is 0 Å². The largest absolute Gasteiger partial charge is 0.457 e. The quantitative estimate of drug-likeness (QED) is 0.517. The molecule has 6 rings (SSSR count). The number of nitrogens with one attached hydrogen (secondary N) is 2. The molecule has 9 heteroatoms. The molecule has 0 aromatic heterocycles. The Bertz CT molecular complexity index is 1160. The number of likely N-dealkylation sites (tertiary alicyclic amines) is 1. The molecule has 1 saturated carbocycles. The third kappa shape index (κ3) is 7.36. The van der Waals surface area contributed by atoms with Gasteiger partial charge in [-0.1, -0.05) is 24.3 Å². The van der Waals surface area contributed by atoms with Crippen LogP contribution >= 0.6 is 0 Å². The van der Waals surface area contributed by atoms with Crippen molar-refractivity contribution in [3.8, 4) is 11.5 Å². The van der Waals surface area contributed by atoms with Crippen molar-refractivity contribution < 1.29 is 29.0 Å². The maximum absolute atomic E-state index is 13.3. The SMILES string of the molecule is O=C1CCc2ccc(cc2)Oc2cccc(c2)CO[C@H]2CN(C(=O)C3CCC(O)CC3)C[C@@H]2NC(=O)CCN1. The molecule has 4 aliphatic rings. The first-order valence-electron chi connectivity index (χ1n) is 13.9. The molecular weight excluding hydrogens is 498 g/mol. The minimum absolute atomic E-state index is 0.0614. The zero-order valence-electron chi connectivity index (χ0n) is 22.1. The number of benzene rings is 2. The Morgan fingerprint density at radius 2 is 1.67 bits per heavy atom. The lowest BCUT2D eigenvalue weighted by Gasteiger charge is -2.28. The van der Waals surface area contributed by atoms with Crippen molar-refractivity contribution in [2.75, 3.05) is 19.6 Å². The number of aliphatic hydroxyl groups excluding tert-OH is 1. The molecule has 0 unspecified atom stereocenters. The number of aliphatic hydroxyl groups is 1. The maximum Gasteiger partial charge on any atom is 0.225 e. The fourth-order valence-corrected chi connectivity index (χ4v) is 5.55. The lowest BCUT2D eigenvalue weighted by Crippen LogP contribution is -2.45. The van der Waals surface area contributed by atoms with Gasteiger partial charge < -0.3 is 30.1 Å². The van der Waals surface area contributed by atoms with E-state index in [9.17, 15) is 19.5 Å². The van der Waals surface area contributed by atoms with E-state index in [0.29, 0.717) is 69.7 Å². The van der Waals surface area contributed by atoms with Crippen molar-refractivity contribution >= 4 is 17.7 Å². The Labute approximate surface area is 228 Å². The van der Waals surface area contributed by atoms with Crippen LogP contribution in [0.5, 0.6) is 11.5 Å². The zero-order chi connectivity index (χ0) is 27.2. The number of ether oxygens (including phenoxy) is 2. The third-order valence-corrected chi connectivity index (χ3v) is 7.81. The molecule has 208 valence electrons. The summed E-state index contributed by atoms with van der Waals surface area (Å²) in [4.78, 5) is 40.1. The first-order chi connectivity index (χ1) is 18.9. The van der Waals surface area contributed by atoms with Gasteiger partial charge in [0.05, 0.1) is 24.9 Å². The lowest BCUT2D eigenvalue weighted by atomic mass is 9.86. The molecule has 4 bridgehead atoms. The van der Waals surface area contributed by atoms with Crippen molar-refractivity contribution in [2.45, 2.75) is 69.8 Å². The molecule has 3 heterocycles. The minimum Gasteiger partial charge on any atom is -0.457 e. The molecule has 1 saturated heterocycles. The van der Waals surface area contributed by atoms with E-state index in [1.54, 1.807) is 4.90 Å². The molecule has 0 radical (unpaired) electrons. The van der Waals surface area contributed by atoms with E-state index < -0.39 is 0 Å². The fourth-order valence-electron chi connectivity index (χ4n) is 5.55. The van der Waals surface area contributed by atoms with Crippen LogP contribution in [0.15, 0.2) is 48.5 Å². The summed E-state index contributed by atoms with van der Waals surface area (Å²) in [6.45, 7) is 1.32. The third-order valence-electron chi connectivity index (χ3n) is 7.81. The number of carbonyl (C=O) groups excluding carboxylic acids is 3. The topological polar surface area (TPSA) is 117 Å². The standard InChI is InChI=1S/C30H37N3O6/c34-23-9-7-22(8-10-23)30(37)33-17-26-27(18-33)38-19-21-2-1-3-25(16-21)39-24-11-4-20(5-12-24)6-13-28(35)31-15-14-29(36)32-26/h1-5,11-12,16,22-23,26-27,34H,6-10,13-15,17-19H2,(H,31,35)(H,32,36)/t22?,23?,26-,27-/m0/s1. The maximum atomic E-state index is 13.3. The van der Waals surface area contributed by atoms with Crippen LogP contribution in [0.1, 0.15) is 49.7 Å². The van der Waals surface area contributed by atoms with Gasteiger partial charge in [-0.3, -0.25) is 14.4 Å². The van der Waals surface area contributed by atoms with Crippen LogP contribution in [-0.4, -0.2) is 65.6 Å². The first-order valence-corrected chi connectivity index (χ1v) is 13.9. The molecule has 39 heavy (non-hydrogen) atoms. The summed E-state index contributed by atoms with van der Waals surface area (Å²) >= 11 is 0. The Morgan fingerprint density at radius 3 is 2.46 bits per heavy atom. The van der Waals surface area contributed by atoms with E-state index in [0.717, 1.165) is 11.1 Å².